The number of benzene rings is 1. The molecule has 0 bridgehead atoms. The van der Waals surface area contributed by atoms with Crippen LogP contribution in [0.2, 0.25) is 0 Å². The maximum atomic E-state index is 13.6. The van der Waals surface area contributed by atoms with E-state index in [4.69, 9.17) is 5.73 Å². The molecule has 0 aromatic heterocycles. The average Bonchev–Trinajstić information content (AvgIpc) is 2.78. The topological polar surface area (TPSA) is 29.3 Å². The molecule has 1 unspecified atom stereocenters. The molecule has 0 amide bonds. The maximum Gasteiger partial charge on any atom is 0.125 e. The molecule has 1 aromatic carbocycles. The molecule has 2 rings (SSSR count). The van der Waals surface area contributed by atoms with Crippen LogP contribution in [0.3, 0.4) is 0 Å². The average molecular weight is 250 g/mol. The minimum atomic E-state index is -0.149. The van der Waals surface area contributed by atoms with Gasteiger partial charge in [-0.05, 0) is 55.0 Å². The van der Waals surface area contributed by atoms with Gasteiger partial charge < -0.3 is 10.6 Å². The summed E-state index contributed by atoms with van der Waals surface area (Å²) < 4.78 is 13.6. The van der Waals surface area contributed by atoms with E-state index in [1.165, 1.54) is 6.42 Å². The Kier molecular flexibility index (Phi) is 4.23. The second kappa shape index (κ2) is 5.70. The number of hydrogen-bond donors (Lipinski definition) is 1. The van der Waals surface area contributed by atoms with E-state index in [1.54, 1.807) is 12.1 Å². The van der Waals surface area contributed by atoms with Gasteiger partial charge in [-0.1, -0.05) is 13.8 Å². The molecule has 0 saturated carbocycles. The second-order valence-corrected chi connectivity index (χ2v) is 5.60. The molecule has 1 aliphatic rings. The summed E-state index contributed by atoms with van der Waals surface area (Å²) in [4.78, 5) is 2.30. The third kappa shape index (κ3) is 3.02. The summed E-state index contributed by atoms with van der Waals surface area (Å²) in [6, 6.07) is 5.31. The van der Waals surface area contributed by atoms with Crippen LogP contribution >= 0.6 is 0 Å². The first-order valence-electron chi connectivity index (χ1n) is 6.84. The summed E-state index contributed by atoms with van der Waals surface area (Å²) in [5, 5.41) is 0. The second-order valence-electron chi connectivity index (χ2n) is 5.60. The van der Waals surface area contributed by atoms with Crippen molar-refractivity contribution in [1.29, 1.82) is 0 Å². The van der Waals surface area contributed by atoms with Crippen LogP contribution in [0.1, 0.15) is 25.8 Å². The van der Waals surface area contributed by atoms with Crippen LogP contribution in [0.4, 0.5) is 10.1 Å². The van der Waals surface area contributed by atoms with Gasteiger partial charge in [0, 0.05) is 18.8 Å². The van der Waals surface area contributed by atoms with Crippen LogP contribution in [0, 0.1) is 17.7 Å². The highest BCUT2D eigenvalue weighted by Gasteiger charge is 2.25. The highest BCUT2D eigenvalue weighted by molar-refractivity contribution is 5.50. The molecule has 2 nitrogen and oxygen atoms in total. The molecule has 0 radical (unpaired) electrons. The van der Waals surface area contributed by atoms with Crippen molar-refractivity contribution in [3.8, 4) is 0 Å². The molecular formula is C15H23FN2. The minimum Gasteiger partial charge on any atom is -0.371 e. The highest BCUT2D eigenvalue weighted by Crippen LogP contribution is 2.29. The fraction of sp³-hybridized carbons (Fsp3) is 0.600. The molecule has 18 heavy (non-hydrogen) atoms. The van der Waals surface area contributed by atoms with Gasteiger partial charge in [0.1, 0.15) is 5.82 Å². The SMILES string of the molecule is CC(C)C1CCN(c2cc(F)cc(CCN)c2)C1. The molecule has 2 N–H and O–H groups in total. The third-order valence-electron chi connectivity index (χ3n) is 3.91. The fourth-order valence-electron chi connectivity index (χ4n) is 2.69. The van der Waals surface area contributed by atoms with E-state index in [1.807, 2.05) is 0 Å². The Hall–Kier alpha value is -1.09. The first kappa shape index (κ1) is 13.3. The van der Waals surface area contributed by atoms with Crippen molar-refractivity contribution in [2.45, 2.75) is 26.7 Å². The molecule has 1 aromatic rings. The lowest BCUT2D eigenvalue weighted by molar-refractivity contribution is 0.422. The lowest BCUT2D eigenvalue weighted by Gasteiger charge is -2.21. The van der Waals surface area contributed by atoms with Crippen LogP contribution in [0.5, 0.6) is 0 Å². The third-order valence-corrected chi connectivity index (χ3v) is 3.91. The largest absolute Gasteiger partial charge is 0.371 e. The smallest absolute Gasteiger partial charge is 0.125 e. The predicted molar refractivity (Wildman–Crippen MR) is 74.3 cm³/mol. The van der Waals surface area contributed by atoms with E-state index in [0.717, 1.165) is 36.7 Å². The van der Waals surface area contributed by atoms with E-state index in [-0.39, 0.29) is 5.82 Å². The Bertz CT molecular complexity index is 403. The molecular weight excluding hydrogens is 227 g/mol. The van der Waals surface area contributed by atoms with E-state index < -0.39 is 0 Å². The van der Waals surface area contributed by atoms with E-state index >= 15 is 0 Å². The number of rotatable bonds is 4. The van der Waals surface area contributed by atoms with Crippen molar-refractivity contribution in [2.75, 3.05) is 24.5 Å². The fourth-order valence-corrected chi connectivity index (χ4v) is 2.69. The van der Waals surface area contributed by atoms with E-state index in [0.29, 0.717) is 12.5 Å². The summed E-state index contributed by atoms with van der Waals surface area (Å²) in [7, 11) is 0. The number of nitrogens with two attached hydrogens (primary N) is 1. The molecule has 1 aliphatic heterocycles. The molecule has 1 atom stereocenters. The minimum absolute atomic E-state index is 0.149. The van der Waals surface area contributed by atoms with Crippen LogP contribution in [0.25, 0.3) is 0 Å². The van der Waals surface area contributed by atoms with Gasteiger partial charge >= 0.3 is 0 Å². The summed E-state index contributed by atoms with van der Waals surface area (Å²) in [6.07, 6.45) is 1.95. The summed E-state index contributed by atoms with van der Waals surface area (Å²) in [6.45, 7) is 7.17. The lowest BCUT2D eigenvalue weighted by Crippen LogP contribution is -2.21. The molecule has 1 saturated heterocycles. The van der Waals surface area contributed by atoms with Gasteiger partial charge in [-0.15, -0.1) is 0 Å². The Morgan fingerprint density at radius 1 is 1.39 bits per heavy atom. The Labute approximate surface area is 109 Å². The first-order chi connectivity index (χ1) is 8.60. The zero-order valence-electron chi connectivity index (χ0n) is 11.3. The highest BCUT2D eigenvalue weighted by atomic mass is 19.1. The number of anilines is 1. The van der Waals surface area contributed by atoms with E-state index in [9.17, 15) is 4.39 Å². The van der Waals surface area contributed by atoms with Crippen molar-refractivity contribution >= 4 is 5.69 Å². The Balaban J connectivity index is 2.13. The van der Waals surface area contributed by atoms with Gasteiger partial charge in [-0.2, -0.15) is 0 Å². The van der Waals surface area contributed by atoms with Crippen molar-refractivity contribution in [1.82, 2.24) is 0 Å². The molecule has 3 heteroatoms. The van der Waals surface area contributed by atoms with Crippen LogP contribution < -0.4 is 10.6 Å². The standard InChI is InChI=1S/C15H23FN2/c1-11(2)13-4-6-18(10-13)15-8-12(3-5-17)7-14(16)9-15/h7-9,11,13H,3-6,10,17H2,1-2H3. The zero-order valence-corrected chi connectivity index (χ0v) is 11.3. The quantitative estimate of drug-likeness (QED) is 0.890. The summed E-state index contributed by atoms with van der Waals surface area (Å²) in [5.74, 6) is 1.28. The van der Waals surface area contributed by atoms with Crippen molar-refractivity contribution < 1.29 is 4.39 Å². The van der Waals surface area contributed by atoms with Crippen LogP contribution in [-0.2, 0) is 6.42 Å². The van der Waals surface area contributed by atoms with Gasteiger partial charge in [0.15, 0.2) is 0 Å². The molecule has 0 spiro atoms. The van der Waals surface area contributed by atoms with Crippen molar-refractivity contribution in [3.05, 3.63) is 29.6 Å². The summed E-state index contributed by atoms with van der Waals surface area (Å²) in [5.41, 5.74) is 7.56. The van der Waals surface area contributed by atoms with Gasteiger partial charge in [-0.3, -0.25) is 0 Å². The Morgan fingerprint density at radius 3 is 2.78 bits per heavy atom. The van der Waals surface area contributed by atoms with E-state index in [2.05, 4.69) is 24.8 Å². The van der Waals surface area contributed by atoms with Crippen molar-refractivity contribution in [2.24, 2.45) is 17.6 Å². The van der Waals surface area contributed by atoms with Crippen LogP contribution in [-0.4, -0.2) is 19.6 Å². The van der Waals surface area contributed by atoms with Gasteiger partial charge in [0.2, 0.25) is 0 Å². The first-order valence-corrected chi connectivity index (χ1v) is 6.84. The zero-order chi connectivity index (χ0) is 13.1. The van der Waals surface area contributed by atoms with Crippen molar-refractivity contribution in [3.63, 3.8) is 0 Å². The van der Waals surface area contributed by atoms with Gasteiger partial charge in [-0.25, -0.2) is 4.39 Å². The Morgan fingerprint density at radius 2 is 2.17 bits per heavy atom. The number of hydrogen-bond acceptors (Lipinski definition) is 2. The maximum absolute atomic E-state index is 13.6. The van der Waals surface area contributed by atoms with Gasteiger partial charge in [0.05, 0.1) is 0 Å². The molecule has 1 heterocycles. The summed E-state index contributed by atoms with van der Waals surface area (Å²) >= 11 is 0. The van der Waals surface area contributed by atoms with Gasteiger partial charge in [0.25, 0.3) is 0 Å². The number of nitrogens with zero attached hydrogens (tertiary/aromatic N) is 1. The normalized spacial score (nSPS) is 19.8. The molecule has 100 valence electrons. The monoisotopic (exact) mass is 250 g/mol. The van der Waals surface area contributed by atoms with Crippen LogP contribution in [0.15, 0.2) is 18.2 Å². The lowest BCUT2D eigenvalue weighted by atomic mass is 9.95. The molecule has 0 aliphatic carbocycles. The predicted octanol–water partition coefficient (Wildman–Crippen LogP) is 2.81. The number of halogens is 1. The molecule has 1 fully saturated rings.